The van der Waals surface area contributed by atoms with Crippen LogP contribution in [-0.4, -0.2) is 6.26 Å². The molecule has 8 heavy (non-hydrogen) atoms. The van der Waals surface area contributed by atoms with Crippen molar-refractivity contribution in [3.63, 3.8) is 0 Å². The fraction of sp³-hybridized carbons (Fsp3) is 0.857. The van der Waals surface area contributed by atoms with Gasteiger partial charge in [-0.05, 0) is 12.8 Å². The van der Waals surface area contributed by atoms with Crippen molar-refractivity contribution >= 4 is 6.26 Å². The minimum atomic E-state index is -0.352. The van der Waals surface area contributed by atoms with E-state index < -0.39 is 0 Å². The third-order valence-corrected chi connectivity index (χ3v) is 1.77. The minimum Gasteiger partial charge on any atom is -0.303 e. The summed E-state index contributed by atoms with van der Waals surface area (Å²) in [5.74, 6) is 0.0822. The summed E-state index contributed by atoms with van der Waals surface area (Å²) in [6, 6.07) is 0. The van der Waals surface area contributed by atoms with Gasteiger partial charge in [-0.1, -0.05) is 19.3 Å². The van der Waals surface area contributed by atoms with Crippen molar-refractivity contribution in [1.29, 1.82) is 0 Å². The monoisotopic (exact) mass is 113 g/mol. The summed E-state index contributed by atoms with van der Waals surface area (Å²) in [5, 5.41) is 0. The molecule has 46 valence electrons. The van der Waals surface area contributed by atoms with Crippen molar-refractivity contribution in [2.75, 3.05) is 0 Å². The first-order valence-corrected chi connectivity index (χ1v) is 3.31. The highest BCUT2D eigenvalue weighted by atomic mass is 16.1. The lowest BCUT2D eigenvalue weighted by molar-refractivity contribution is -0.111. The Balaban J connectivity index is 2.31. The molecule has 0 aromatic heterocycles. The molecule has 1 aliphatic rings. The maximum absolute atomic E-state index is 10.5. The molecular weight excluding hydrogens is 100 g/mol. The smallest absolute Gasteiger partial charge is 0.123 e. The van der Waals surface area contributed by atoms with Crippen LogP contribution in [0, 0.1) is 5.92 Å². The zero-order valence-electron chi connectivity index (χ0n) is 6.02. The first-order valence-electron chi connectivity index (χ1n) is 3.81. The second-order valence-corrected chi connectivity index (χ2v) is 2.45. The Labute approximate surface area is 51.5 Å². The van der Waals surface area contributed by atoms with Crippen LogP contribution in [0.2, 0.25) is 0 Å². The molecule has 0 aromatic carbocycles. The number of hydrogen-bond acceptors (Lipinski definition) is 1. The highest BCUT2D eigenvalue weighted by Crippen LogP contribution is 2.21. The van der Waals surface area contributed by atoms with Crippen molar-refractivity contribution in [2.45, 2.75) is 32.1 Å². The molecule has 0 amide bonds. The molecule has 0 unspecified atom stereocenters. The van der Waals surface area contributed by atoms with Crippen molar-refractivity contribution in [3.8, 4) is 0 Å². The number of carbonyl (C=O) groups excluding carboxylic acids is 1. The van der Waals surface area contributed by atoms with E-state index in [0.29, 0.717) is 0 Å². The van der Waals surface area contributed by atoms with E-state index >= 15 is 0 Å². The van der Waals surface area contributed by atoms with Crippen LogP contribution in [0.15, 0.2) is 0 Å². The Kier molecular flexibility index (Phi) is 1.62. The van der Waals surface area contributed by atoms with Gasteiger partial charge in [0.05, 0.1) is 0 Å². The van der Waals surface area contributed by atoms with Crippen LogP contribution in [0.3, 0.4) is 0 Å². The normalized spacial score (nSPS) is 24.8. The van der Waals surface area contributed by atoms with Crippen molar-refractivity contribution in [1.82, 2.24) is 0 Å². The van der Waals surface area contributed by atoms with Crippen LogP contribution in [0.1, 0.15) is 33.5 Å². The molecule has 0 aliphatic heterocycles. The van der Waals surface area contributed by atoms with Crippen LogP contribution in [0.5, 0.6) is 0 Å². The zero-order chi connectivity index (χ0) is 6.69. The SMILES string of the molecule is [2H]C(=O)C1CCCCC1. The fourth-order valence-electron chi connectivity index (χ4n) is 1.22. The van der Waals surface area contributed by atoms with Gasteiger partial charge < -0.3 is 4.79 Å². The lowest BCUT2D eigenvalue weighted by Crippen LogP contribution is -2.06. The highest BCUT2D eigenvalue weighted by Gasteiger charge is 2.10. The first kappa shape index (κ1) is 4.54. The minimum absolute atomic E-state index is 0.0822. The molecule has 0 N–H and O–H groups in total. The predicted molar refractivity (Wildman–Crippen MR) is 32.6 cm³/mol. The van der Waals surface area contributed by atoms with E-state index in [2.05, 4.69) is 0 Å². The van der Waals surface area contributed by atoms with Crippen molar-refractivity contribution < 1.29 is 6.17 Å². The van der Waals surface area contributed by atoms with Gasteiger partial charge in [-0.25, -0.2) is 0 Å². The Morgan fingerprint density at radius 2 is 2.00 bits per heavy atom. The number of carbonyl (C=O) groups is 1. The summed E-state index contributed by atoms with van der Waals surface area (Å²) >= 11 is 0. The lowest BCUT2D eigenvalue weighted by Gasteiger charge is -2.14. The van der Waals surface area contributed by atoms with E-state index in [-0.39, 0.29) is 12.2 Å². The zero-order valence-corrected chi connectivity index (χ0v) is 5.02. The van der Waals surface area contributed by atoms with E-state index in [4.69, 9.17) is 1.37 Å². The third-order valence-electron chi connectivity index (χ3n) is 1.77. The molecule has 1 heteroatoms. The molecule has 0 atom stereocenters. The summed E-state index contributed by atoms with van der Waals surface area (Å²) in [7, 11) is 0. The molecule has 0 bridgehead atoms. The molecule has 0 spiro atoms. The molecule has 1 nitrogen and oxygen atoms in total. The van der Waals surface area contributed by atoms with Gasteiger partial charge in [0.1, 0.15) is 7.63 Å². The van der Waals surface area contributed by atoms with Gasteiger partial charge in [0, 0.05) is 5.92 Å². The van der Waals surface area contributed by atoms with Gasteiger partial charge in [-0.3, -0.25) is 0 Å². The van der Waals surface area contributed by atoms with Crippen molar-refractivity contribution in [2.24, 2.45) is 5.92 Å². The summed E-state index contributed by atoms with van der Waals surface area (Å²) in [5.41, 5.74) is 0. The summed E-state index contributed by atoms with van der Waals surface area (Å²) < 4.78 is 6.83. The van der Waals surface area contributed by atoms with Gasteiger partial charge in [-0.15, -0.1) is 0 Å². The van der Waals surface area contributed by atoms with Crippen LogP contribution < -0.4 is 0 Å². The first-order chi connectivity index (χ1) is 4.30. The second kappa shape index (κ2) is 2.85. The average Bonchev–Trinajstić information content (AvgIpc) is 1.90. The molecular formula is C7H12O. The fourth-order valence-corrected chi connectivity index (χ4v) is 1.22. The number of rotatable bonds is 1. The molecule has 1 aliphatic carbocycles. The van der Waals surface area contributed by atoms with E-state index in [1.165, 1.54) is 6.42 Å². The van der Waals surface area contributed by atoms with Crippen LogP contribution in [0.4, 0.5) is 0 Å². The molecule has 0 saturated heterocycles. The van der Waals surface area contributed by atoms with Gasteiger partial charge in [0.25, 0.3) is 0 Å². The van der Waals surface area contributed by atoms with Crippen molar-refractivity contribution in [3.05, 3.63) is 0 Å². The maximum atomic E-state index is 10.5. The highest BCUT2D eigenvalue weighted by molar-refractivity contribution is 5.53. The molecule has 1 saturated carbocycles. The van der Waals surface area contributed by atoms with E-state index in [1.54, 1.807) is 0 Å². The van der Waals surface area contributed by atoms with Crippen LogP contribution in [0.25, 0.3) is 0 Å². The van der Waals surface area contributed by atoms with E-state index in [1.807, 2.05) is 0 Å². The molecule has 0 aromatic rings. The average molecular weight is 113 g/mol. The third kappa shape index (κ3) is 1.32. The molecule has 0 radical (unpaired) electrons. The summed E-state index contributed by atoms with van der Waals surface area (Å²) in [4.78, 5) is 10.5. The second-order valence-electron chi connectivity index (χ2n) is 2.45. The maximum Gasteiger partial charge on any atom is 0.123 e. The topological polar surface area (TPSA) is 17.1 Å². The quantitative estimate of drug-likeness (QED) is 0.473. The van der Waals surface area contributed by atoms with Gasteiger partial charge in [0.2, 0.25) is 0 Å². The van der Waals surface area contributed by atoms with Crippen LogP contribution in [-0.2, 0) is 4.79 Å². The largest absolute Gasteiger partial charge is 0.303 e. The Morgan fingerprint density at radius 3 is 2.38 bits per heavy atom. The lowest BCUT2D eigenvalue weighted by atomic mass is 9.91. The Morgan fingerprint density at radius 1 is 1.38 bits per heavy atom. The van der Waals surface area contributed by atoms with Gasteiger partial charge >= 0.3 is 0 Å². The van der Waals surface area contributed by atoms with Gasteiger partial charge in [-0.2, -0.15) is 0 Å². The van der Waals surface area contributed by atoms with Crippen LogP contribution >= 0.6 is 0 Å². The van der Waals surface area contributed by atoms with Gasteiger partial charge in [0.15, 0.2) is 0 Å². The molecule has 1 rings (SSSR count). The molecule has 1 fully saturated rings. The standard InChI is InChI=1S/C7H12O/c8-6-7-4-2-1-3-5-7/h6-7H,1-5H2/i6D. The summed E-state index contributed by atoms with van der Waals surface area (Å²) in [6.45, 7) is 0. The van der Waals surface area contributed by atoms with E-state index in [0.717, 1.165) is 25.7 Å². The Hall–Kier alpha value is -0.330. The molecule has 0 heterocycles. The predicted octanol–water partition coefficient (Wildman–Crippen LogP) is 1.77. The number of hydrogen-bond donors (Lipinski definition) is 0. The number of aldehydes is 1. The Bertz CT molecular complexity index is 105. The summed E-state index contributed by atoms with van der Waals surface area (Å²) in [6.07, 6.45) is 5.12. The van der Waals surface area contributed by atoms with E-state index in [9.17, 15) is 4.79 Å².